The molecule has 0 saturated carbocycles. The first-order valence-electron chi connectivity index (χ1n) is 11.2. The molecule has 0 aliphatic carbocycles. The van der Waals surface area contributed by atoms with Crippen molar-refractivity contribution in [2.24, 2.45) is 10.2 Å². The number of anilines is 2. The fraction of sp³-hybridized carbons (Fsp3) is 0.174. The summed E-state index contributed by atoms with van der Waals surface area (Å²) in [6.45, 7) is -0.373. The number of carboxylic acid groups (broad SMARTS) is 4. The van der Waals surface area contributed by atoms with Crippen molar-refractivity contribution < 1.29 is 44.4 Å². The molecule has 0 unspecified atom stereocenters. The summed E-state index contributed by atoms with van der Waals surface area (Å²) in [7, 11) is 0. The molecule has 1 aromatic carbocycles. The van der Waals surface area contributed by atoms with Gasteiger partial charge in [-0.2, -0.15) is 10.4 Å². The fourth-order valence-electron chi connectivity index (χ4n) is 3.34. The summed E-state index contributed by atoms with van der Waals surface area (Å²) in [5.41, 5.74) is -0.278. The smallest absolute Gasteiger partial charge is 0.335 e. The van der Waals surface area contributed by atoms with Gasteiger partial charge in [0.05, 0.1) is 29.6 Å². The van der Waals surface area contributed by atoms with Gasteiger partial charge in [-0.05, 0) is 24.3 Å². The maximum Gasteiger partial charge on any atom is 0.335 e. The van der Waals surface area contributed by atoms with Gasteiger partial charge in [-0.1, -0.05) is 0 Å². The van der Waals surface area contributed by atoms with Crippen molar-refractivity contribution in [3.63, 3.8) is 0 Å². The van der Waals surface area contributed by atoms with Crippen LogP contribution in [0.15, 0.2) is 40.7 Å². The van der Waals surface area contributed by atoms with Crippen molar-refractivity contribution in [2.75, 3.05) is 23.3 Å². The van der Waals surface area contributed by atoms with Crippen molar-refractivity contribution in [3.05, 3.63) is 47.3 Å². The molecule has 0 fully saturated rings. The molecule has 5 N–H and O–H groups in total. The molecule has 2 heterocycles. The van der Waals surface area contributed by atoms with Gasteiger partial charge in [0.2, 0.25) is 11.7 Å². The molecule has 0 aliphatic heterocycles. The lowest BCUT2D eigenvalue weighted by Crippen LogP contribution is -2.35. The average molecular weight is 565 g/mol. The third-order valence-corrected chi connectivity index (χ3v) is 4.97. The van der Waals surface area contributed by atoms with Gasteiger partial charge >= 0.3 is 23.9 Å². The lowest BCUT2D eigenvalue weighted by Gasteiger charge is -2.19. The largest absolute Gasteiger partial charge is 0.481 e. The number of azo groups is 1. The van der Waals surface area contributed by atoms with Crippen LogP contribution in [-0.4, -0.2) is 83.0 Å². The van der Waals surface area contributed by atoms with Gasteiger partial charge in [-0.15, -0.1) is 10.2 Å². The Morgan fingerprint density at radius 2 is 1.63 bits per heavy atom. The van der Waals surface area contributed by atoms with E-state index in [1.54, 1.807) is 0 Å². The van der Waals surface area contributed by atoms with Crippen LogP contribution in [0, 0.1) is 11.3 Å². The van der Waals surface area contributed by atoms with E-state index in [0.29, 0.717) is 0 Å². The van der Waals surface area contributed by atoms with Gasteiger partial charge in [-0.25, -0.2) is 19.4 Å². The van der Waals surface area contributed by atoms with Crippen LogP contribution in [-0.2, 0) is 25.6 Å². The number of aromatic nitrogens is 4. The van der Waals surface area contributed by atoms with Gasteiger partial charge < -0.3 is 30.6 Å². The van der Waals surface area contributed by atoms with Crippen LogP contribution in [0.1, 0.15) is 28.5 Å². The minimum Gasteiger partial charge on any atom is -0.481 e. The first-order valence-corrected chi connectivity index (χ1v) is 11.2. The number of carbonyl (C=O) groups is 5. The van der Waals surface area contributed by atoms with Crippen LogP contribution in [0.25, 0.3) is 5.69 Å². The summed E-state index contributed by atoms with van der Waals surface area (Å²) in [5, 5.41) is 60.7. The molecule has 0 saturated heterocycles. The van der Waals surface area contributed by atoms with E-state index < -0.39 is 49.3 Å². The molecule has 0 atom stereocenters. The number of nitriles is 1. The Morgan fingerprint density at radius 3 is 2.15 bits per heavy atom. The van der Waals surface area contributed by atoms with Crippen molar-refractivity contribution >= 4 is 53.1 Å². The molecule has 0 radical (unpaired) electrons. The summed E-state index contributed by atoms with van der Waals surface area (Å²) in [6.07, 6.45) is 0.342. The molecular formula is C23H19N9O9. The molecule has 210 valence electrons. The predicted molar refractivity (Wildman–Crippen MR) is 135 cm³/mol. The van der Waals surface area contributed by atoms with E-state index in [9.17, 15) is 34.3 Å². The SMILES string of the molecule is CC(=O)Nc1nc(N(CC(=O)O)CC(=O)O)cnc1N=Nc1c(C#N)c(CC(=O)O)nn1-c1ccc(C(=O)O)cc1. The highest BCUT2D eigenvalue weighted by molar-refractivity contribution is 5.90. The number of rotatable bonds is 12. The quantitative estimate of drug-likeness (QED) is 0.193. The Bertz CT molecular complexity index is 1590. The number of carbonyl (C=O) groups excluding carboxylic acids is 1. The van der Waals surface area contributed by atoms with Crippen LogP contribution in [0.3, 0.4) is 0 Å². The van der Waals surface area contributed by atoms with E-state index >= 15 is 0 Å². The standard InChI is InChI=1S/C23H19N9O9/c1-11(33)26-21-20(25-8-16(27-21)31(9-18(36)37)10-19(38)39)28-29-22-14(7-24)15(6-17(34)35)30-32(22)13-4-2-12(3-5-13)23(40)41/h2-5,8H,6,9-10H2,1H3,(H,34,35)(H,36,37)(H,38,39)(H,40,41)(H,26,27,33). The molecule has 41 heavy (non-hydrogen) atoms. The van der Waals surface area contributed by atoms with Crippen LogP contribution in [0.2, 0.25) is 0 Å². The first-order chi connectivity index (χ1) is 19.4. The van der Waals surface area contributed by atoms with Crippen LogP contribution in [0.5, 0.6) is 0 Å². The zero-order valence-corrected chi connectivity index (χ0v) is 20.9. The molecule has 2 aromatic heterocycles. The Balaban J connectivity index is 2.14. The van der Waals surface area contributed by atoms with Crippen LogP contribution in [0.4, 0.5) is 23.3 Å². The Kier molecular flexibility index (Phi) is 8.96. The molecule has 0 spiro atoms. The third kappa shape index (κ3) is 7.41. The number of benzene rings is 1. The maximum absolute atomic E-state index is 11.8. The number of carboxylic acids is 4. The van der Waals surface area contributed by atoms with E-state index in [0.717, 1.165) is 22.7 Å². The number of amides is 1. The van der Waals surface area contributed by atoms with E-state index in [-0.39, 0.29) is 45.8 Å². The zero-order chi connectivity index (χ0) is 30.3. The normalized spacial score (nSPS) is 10.6. The predicted octanol–water partition coefficient (Wildman–Crippen LogP) is 1.21. The van der Waals surface area contributed by atoms with Gasteiger partial charge in [0.25, 0.3) is 0 Å². The van der Waals surface area contributed by atoms with E-state index in [2.05, 4.69) is 30.6 Å². The number of aromatic carboxylic acids is 1. The fourth-order valence-corrected chi connectivity index (χ4v) is 3.34. The van der Waals surface area contributed by atoms with Crippen molar-refractivity contribution in [3.8, 4) is 11.8 Å². The zero-order valence-electron chi connectivity index (χ0n) is 20.9. The molecule has 18 heteroatoms. The van der Waals surface area contributed by atoms with Crippen molar-refractivity contribution in [2.45, 2.75) is 13.3 Å². The first kappa shape index (κ1) is 29.3. The van der Waals surface area contributed by atoms with Crippen LogP contribution < -0.4 is 10.2 Å². The second kappa shape index (κ2) is 12.5. The number of hydrogen-bond acceptors (Lipinski definition) is 12. The summed E-state index contributed by atoms with van der Waals surface area (Å²) < 4.78 is 1.06. The third-order valence-electron chi connectivity index (χ3n) is 4.97. The highest BCUT2D eigenvalue weighted by Gasteiger charge is 2.23. The number of aliphatic carboxylic acids is 3. The van der Waals surface area contributed by atoms with E-state index in [1.165, 1.54) is 24.3 Å². The highest BCUT2D eigenvalue weighted by atomic mass is 16.4. The Morgan fingerprint density at radius 1 is 1.00 bits per heavy atom. The maximum atomic E-state index is 11.8. The Hall–Kier alpha value is -6.25. The van der Waals surface area contributed by atoms with Gasteiger partial charge in [0.15, 0.2) is 17.5 Å². The highest BCUT2D eigenvalue weighted by Crippen LogP contribution is 2.30. The number of nitrogens with zero attached hydrogens (tertiary/aromatic N) is 8. The minimum atomic E-state index is -1.36. The summed E-state index contributed by atoms with van der Waals surface area (Å²) in [4.78, 5) is 65.7. The minimum absolute atomic E-state index is 0.0505. The number of nitrogens with one attached hydrogen (secondary N) is 1. The molecule has 3 aromatic rings. The second-order valence-corrected chi connectivity index (χ2v) is 8.02. The van der Waals surface area contributed by atoms with Crippen molar-refractivity contribution in [1.82, 2.24) is 19.7 Å². The monoisotopic (exact) mass is 565 g/mol. The van der Waals surface area contributed by atoms with Gasteiger partial charge in [-0.3, -0.25) is 19.2 Å². The molecular weight excluding hydrogens is 546 g/mol. The Labute approximate surface area is 228 Å². The van der Waals surface area contributed by atoms with Gasteiger partial charge in [0.1, 0.15) is 24.7 Å². The topological polar surface area (TPSA) is 274 Å². The van der Waals surface area contributed by atoms with Gasteiger partial charge in [0, 0.05) is 6.92 Å². The molecule has 1 amide bonds. The molecule has 0 bridgehead atoms. The average Bonchev–Trinajstić information content (AvgIpc) is 3.22. The summed E-state index contributed by atoms with van der Waals surface area (Å²) >= 11 is 0. The van der Waals surface area contributed by atoms with E-state index in [1.807, 2.05) is 6.07 Å². The molecule has 0 aliphatic rings. The lowest BCUT2D eigenvalue weighted by atomic mass is 10.2. The summed E-state index contributed by atoms with van der Waals surface area (Å²) in [5.74, 6) is -7.00. The summed E-state index contributed by atoms with van der Waals surface area (Å²) in [6, 6.07) is 7.01. The van der Waals surface area contributed by atoms with Crippen LogP contribution >= 0.6 is 0 Å². The molecule has 3 rings (SSSR count). The second-order valence-electron chi connectivity index (χ2n) is 8.02. The lowest BCUT2D eigenvalue weighted by molar-refractivity contribution is -0.137. The molecule has 18 nitrogen and oxygen atoms in total. The van der Waals surface area contributed by atoms with Crippen molar-refractivity contribution in [1.29, 1.82) is 5.26 Å². The number of hydrogen-bond donors (Lipinski definition) is 5. The van der Waals surface area contributed by atoms with E-state index in [4.69, 9.17) is 15.3 Å².